The molecule has 0 rings (SSSR count). The zero-order valence-corrected chi connectivity index (χ0v) is 7.52. The number of rotatable bonds is 2. The molecule has 0 aliphatic carbocycles. The molecule has 0 aliphatic heterocycles. The summed E-state index contributed by atoms with van der Waals surface area (Å²) in [5.74, 6) is -5.40. The first-order valence-corrected chi connectivity index (χ1v) is 2.75. The number of hydrogen-bond acceptors (Lipinski definition) is 2. The molecule has 0 N–H and O–H groups in total. The molecule has 0 amide bonds. The van der Waals surface area contributed by atoms with E-state index in [0.29, 0.717) is 0 Å². The second kappa shape index (κ2) is 4.80. The second-order valence-electron chi connectivity index (χ2n) is 2.02. The predicted molar refractivity (Wildman–Crippen MR) is 32.5 cm³/mol. The van der Waals surface area contributed by atoms with Gasteiger partial charge in [-0.2, -0.15) is 26.3 Å². The second-order valence-corrected chi connectivity index (χ2v) is 2.02. The van der Waals surface area contributed by atoms with Gasteiger partial charge in [-0.05, 0) is 0 Å². The van der Waals surface area contributed by atoms with Crippen LogP contribution in [0.2, 0.25) is 0 Å². The Kier molecular flexibility index (Phi) is 5.45. The normalized spacial score (nSPS) is 11.9. The Morgan fingerprint density at radius 2 is 1.00 bits per heavy atom. The van der Waals surface area contributed by atoms with Crippen molar-refractivity contribution in [2.75, 3.05) is 0 Å². The molecule has 0 bridgehead atoms. The van der Waals surface area contributed by atoms with Gasteiger partial charge in [0.1, 0.15) is 0 Å². The maximum atomic E-state index is 11.3. The average molecular weight is 235 g/mol. The molecule has 0 spiro atoms. The van der Waals surface area contributed by atoms with E-state index in [4.69, 9.17) is 0 Å². The van der Waals surface area contributed by atoms with E-state index in [1.165, 1.54) is 0 Å². The molecule has 79 valence electrons. The number of carbonyl (C=O) groups excluding carboxylic acids is 2. The molecular formula is C5H2AlF6O2. The molecule has 14 heavy (non-hydrogen) atoms. The Balaban J connectivity index is 0. The van der Waals surface area contributed by atoms with Crippen molar-refractivity contribution in [3.8, 4) is 0 Å². The van der Waals surface area contributed by atoms with Crippen molar-refractivity contribution in [2.45, 2.75) is 18.8 Å². The van der Waals surface area contributed by atoms with Gasteiger partial charge in [0, 0.05) is 17.4 Å². The molecule has 0 heterocycles. The third kappa shape index (κ3) is 5.24. The van der Waals surface area contributed by atoms with E-state index in [-0.39, 0.29) is 17.4 Å². The summed E-state index contributed by atoms with van der Waals surface area (Å²) in [4.78, 5) is 19.8. The van der Waals surface area contributed by atoms with Crippen LogP contribution in [-0.2, 0) is 9.59 Å². The van der Waals surface area contributed by atoms with Gasteiger partial charge in [0.05, 0.1) is 6.42 Å². The highest BCUT2D eigenvalue weighted by Gasteiger charge is 2.46. The van der Waals surface area contributed by atoms with E-state index >= 15 is 0 Å². The van der Waals surface area contributed by atoms with Crippen LogP contribution in [0.1, 0.15) is 6.42 Å². The SMILES string of the molecule is O=C(CC(=O)C(F)(F)F)C(F)(F)F.[Al]. The van der Waals surface area contributed by atoms with Crippen LogP contribution >= 0.6 is 0 Å². The lowest BCUT2D eigenvalue weighted by Gasteiger charge is -2.06. The topological polar surface area (TPSA) is 34.1 Å². The van der Waals surface area contributed by atoms with E-state index in [1.54, 1.807) is 0 Å². The summed E-state index contributed by atoms with van der Waals surface area (Å²) in [7, 11) is 0. The fourth-order valence-electron chi connectivity index (χ4n) is 0.346. The van der Waals surface area contributed by atoms with Gasteiger partial charge in [0.15, 0.2) is 0 Å². The van der Waals surface area contributed by atoms with Crippen LogP contribution in [0.25, 0.3) is 0 Å². The summed E-state index contributed by atoms with van der Waals surface area (Å²) < 4.78 is 68.0. The van der Waals surface area contributed by atoms with Gasteiger partial charge in [-0.1, -0.05) is 0 Å². The maximum Gasteiger partial charge on any atom is 0.450 e. The van der Waals surface area contributed by atoms with Crippen LogP contribution in [0.15, 0.2) is 0 Å². The number of ketones is 2. The minimum absolute atomic E-state index is 0. The summed E-state index contributed by atoms with van der Waals surface area (Å²) >= 11 is 0. The fourth-order valence-corrected chi connectivity index (χ4v) is 0.346. The molecule has 0 saturated carbocycles. The molecule has 0 unspecified atom stereocenters. The van der Waals surface area contributed by atoms with Crippen molar-refractivity contribution in [3.63, 3.8) is 0 Å². The molecule has 0 aromatic carbocycles. The zero-order valence-electron chi connectivity index (χ0n) is 6.37. The van der Waals surface area contributed by atoms with Crippen LogP contribution < -0.4 is 0 Å². The van der Waals surface area contributed by atoms with Gasteiger partial charge in [-0.3, -0.25) is 9.59 Å². The quantitative estimate of drug-likeness (QED) is 0.410. The maximum absolute atomic E-state index is 11.3. The largest absolute Gasteiger partial charge is 0.450 e. The minimum atomic E-state index is -5.40. The first-order chi connectivity index (χ1) is 5.55. The third-order valence-corrected chi connectivity index (χ3v) is 0.953. The van der Waals surface area contributed by atoms with Gasteiger partial charge in [0.2, 0.25) is 11.6 Å². The van der Waals surface area contributed by atoms with Gasteiger partial charge in [0.25, 0.3) is 0 Å². The highest BCUT2D eigenvalue weighted by molar-refractivity contribution is 6.03. The van der Waals surface area contributed by atoms with E-state index < -0.39 is 30.3 Å². The van der Waals surface area contributed by atoms with Crippen LogP contribution in [0, 0.1) is 0 Å². The van der Waals surface area contributed by atoms with E-state index in [2.05, 4.69) is 0 Å². The first kappa shape index (κ1) is 15.9. The number of halogens is 6. The molecule has 2 nitrogen and oxygen atoms in total. The van der Waals surface area contributed by atoms with Crippen molar-refractivity contribution in [1.29, 1.82) is 0 Å². The summed E-state index contributed by atoms with van der Waals surface area (Å²) in [6.07, 6.45) is -13.0. The Bertz CT molecular complexity index is 205. The Morgan fingerprint density at radius 1 is 0.786 bits per heavy atom. The summed E-state index contributed by atoms with van der Waals surface area (Å²) in [5, 5.41) is 0. The summed E-state index contributed by atoms with van der Waals surface area (Å²) in [5.41, 5.74) is 0. The standard InChI is InChI=1S/C5H2F6O2.Al/c6-4(7,8)2(12)1-3(13)5(9,10)11;/h1H2;. The van der Waals surface area contributed by atoms with Gasteiger partial charge in [-0.25, -0.2) is 0 Å². The van der Waals surface area contributed by atoms with Gasteiger partial charge in [-0.15, -0.1) is 0 Å². The van der Waals surface area contributed by atoms with Gasteiger partial charge >= 0.3 is 12.4 Å². The fraction of sp³-hybridized carbons (Fsp3) is 0.600. The zero-order chi connectivity index (χ0) is 10.9. The number of hydrogen-bond donors (Lipinski definition) is 0. The van der Waals surface area contributed by atoms with Crippen LogP contribution in [-0.4, -0.2) is 41.3 Å². The summed E-state index contributed by atoms with van der Waals surface area (Å²) in [6.45, 7) is 0. The van der Waals surface area contributed by atoms with Crippen molar-refractivity contribution in [2.24, 2.45) is 0 Å². The van der Waals surface area contributed by atoms with Crippen molar-refractivity contribution < 1.29 is 35.9 Å². The Labute approximate surface area is 84.4 Å². The molecule has 0 fully saturated rings. The van der Waals surface area contributed by atoms with Crippen LogP contribution in [0.4, 0.5) is 26.3 Å². The number of alkyl halides is 6. The lowest BCUT2D eigenvalue weighted by atomic mass is 10.2. The predicted octanol–water partition coefficient (Wildman–Crippen LogP) is 1.26. The smallest absolute Gasteiger partial charge is 0.289 e. The molecule has 0 aromatic heterocycles. The average Bonchev–Trinajstić information content (AvgIpc) is 1.82. The molecule has 0 aromatic rings. The number of Topliss-reactive ketones (excluding diaryl/α,β-unsaturated/α-hetero) is 2. The van der Waals surface area contributed by atoms with Crippen LogP contribution in [0.5, 0.6) is 0 Å². The van der Waals surface area contributed by atoms with E-state index in [0.717, 1.165) is 0 Å². The van der Waals surface area contributed by atoms with E-state index in [1.807, 2.05) is 0 Å². The van der Waals surface area contributed by atoms with Crippen molar-refractivity contribution >= 4 is 28.9 Å². The molecule has 0 atom stereocenters. The van der Waals surface area contributed by atoms with Crippen LogP contribution in [0.3, 0.4) is 0 Å². The van der Waals surface area contributed by atoms with Crippen molar-refractivity contribution in [3.05, 3.63) is 0 Å². The van der Waals surface area contributed by atoms with Crippen molar-refractivity contribution in [1.82, 2.24) is 0 Å². The van der Waals surface area contributed by atoms with E-state index in [9.17, 15) is 35.9 Å². The minimum Gasteiger partial charge on any atom is -0.289 e. The molecule has 0 saturated heterocycles. The van der Waals surface area contributed by atoms with Gasteiger partial charge < -0.3 is 0 Å². The molecular weight excluding hydrogens is 233 g/mol. The first-order valence-electron chi connectivity index (χ1n) is 2.75. The number of carbonyl (C=O) groups is 2. The lowest BCUT2D eigenvalue weighted by Crippen LogP contribution is -2.31. The third-order valence-electron chi connectivity index (χ3n) is 0.953. The monoisotopic (exact) mass is 235 g/mol. The molecule has 0 aliphatic rings. The lowest BCUT2D eigenvalue weighted by molar-refractivity contribution is -0.182. The molecule has 9 heteroatoms. The highest BCUT2D eigenvalue weighted by Crippen LogP contribution is 2.23. The molecule has 3 radical (unpaired) electrons. The Morgan fingerprint density at radius 3 is 1.14 bits per heavy atom. The Hall–Kier alpha value is -0.548. The summed E-state index contributed by atoms with van der Waals surface area (Å²) in [6, 6.07) is 0. The highest BCUT2D eigenvalue weighted by atomic mass is 27.0.